The molecule has 1 heterocycles. The fraction of sp³-hybridized carbons (Fsp3) is 1.00. The van der Waals surface area contributed by atoms with E-state index in [1.54, 1.807) is 0 Å². The predicted octanol–water partition coefficient (Wildman–Crippen LogP) is 2.52. The Kier molecular flexibility index (Phi) is 2.16. The summed E-state index contributed by atoms with van der Waals surface area (Å²) >= 11 is 0. The largest absolute Gasteiger partial charge is 0.297 e. The van der Waals surface area contributed by atoms with Gasteiger partial charge >= 0.3 is 0 Å². The summed E-state index contributed by atoms with van der Waals surface area (Å²) in [4.78, 5) is 2.75. The lowest BCUT2D eigenvalue weighted by Gasteiger charge is -2.37. The van der Waals surface area contributed by atoms with Crippen molar-refractivity contribution < 1.29 is 0 Å². The lowest BCUT2D eigenvalue weighted by molar-refractivity contribution is 0.111. The van der Waals surface area contributed by atoms with E-state index in [9.17, 15) is 0 Å². The van der Waals surface area contributed by atoms with E-state index >= 15 is 0 Å². The highest BCUT2D eigenvalue weighted by Gasteiger charge is 2.45. The monoisotopic (exact) mass is 167 g/mol. The third-order valence-electron chi connectivity index (χ3n) is 3.83. The van der Waals surface area contributed by atoms with Gasteiger partial charge in [-0.1, -0.05) is 20.8 Å². The molecule has 1 saturated heterocycles. The Hall–Kier alpha value is -0.0400. The van der Waals surface area contributed by atoms with Crippen LogP contribution in [0.15, 0.2) is 0 Å². The average Bonchev–Trinajstić information content (AvgIpc) is 2.60. The van der Waals surface area contributed by atoms with E-state index in [1.807, 2.05) is 0 Å². The molecule has 1 saturated carbocycles. The SMILES string of the molecule is CCN1C2CCC(C2)C1C(C)C. The second kappa shape index (κ2) is 3.02. The van der Waals surface area contributed by atoms with Gasteiger partial charge < -0.3 is 0 Å². The van der Waals surface area contributed by atoms with Gasteiger partial charge in [-0.2, -0.15) is 0 Å². The molecule has 1 nitrogen and oxygen atoms in total. The Labute approximate surface area is 76.1 Å². The molecule has 0 aromatic heterocycles. The first-order chi connectivity index (χ1) is 5.74. The van der Waals surface area contributed by atoms with Gasteiger partial charge in [-0.05, 0) is 37.6 Å². The molecule has 0 radical (unpaired) electrons. The highest BCUT2D eigenvalue weighted by Crippen LogP contribution is 2.44. The molecule has 12 heavy (non-hydrogen) atoms. The molecule has 1 aliphatic heterocycles. The van der Waals surface area contributed by atoms with Crippen LogP contribution in [0.5, 0.6) is 0 Å². The van der Waals surface area contributed by atoms with E-state index in [4.69, 9.17) is 0 Å². The van der Waals surface area contributed by atoms with E-state index < -0.39 is 0 Å². The van der Waals surface area contributed by atoms with E-state index in [2.05, 4.69) is 25.7 Å². The first-order valence-electron chi connectivity index (χ1n) is 5.49. The number of piperidine rings is 1. The Morgan fingerprint density at radius 1 is 1.33 bits per heavy atom. The number of likely N-dealkylation sites (tertiary alicyclic amines) is 1. The van der Waals surface area contributed by atoms with Crippen LogP contribution in [-0.2, 0) is 0 Å². The summed E-state index contributed by atoms with van der Waals surface area (Å²) in [6.07, 6.45) is 4.47. The van der Waals surface area contributed by atoms with Gasteiger partial charge in [-0.15, -0.1) is 0 Å². The van der Waals surface area contributed by atoms with E-state index in [0.29, 0.717) is 0 Å². The number of fused-ring (bicyclic) bond motifs is 2. The molecule has 0 spiro atoms. The maximum atomic E-state index is 2.75. The molecule has 2 aliphatic rings. The zero-order valence-electron chi connectivity index (χ0n) is 8.59. The topological polar surface area (TPSA) is 3.24 Å². The molecule has 1 heteroatoms. The molecule has 1 aliphatic carbocycles. The highest BCUT2D eigenvalue weighted by atomic mass is 15.2. The van der Waals surface area contributed by atoms with Gasteiger partial charge in [0.05, 0.1) is 0 Å². The zero-order valence-corrected chi connectivity index (χ0v) is 8.59. The molecule has 2 rings (SSSR count). The van der Waals surface area contributed by atoms with Crippen LogP contribution >= 0.6 is 0 Å². The molecule has 0 aromatic rings. The van der Waals surface area contributed by atoms with Crippen molar-refractivity contribution in [2.45, 2.75) is 52.1 Å². The third-order valence-corrected chi connectivity index (χ3v) is 3.83. The van der Waals surface area contributed by atoms with Crippen LogP contribution in [0.2, 0.25) is 0 Å². The summed E-state index contributed by atoms with van der Waals surface area (Å²) in [5, 5.41) is 0. The molecule has 2 fully saturated rings. The Morgan fingerprint density at radius 2 is 2.08 bits per heavy atom. The Bertz CT molecular complexity index is 164. The van der Waals surface area contributed by atoms with Crippen molar-refractivity contribution in [2.75, 3.05) is 6.54 Å². The quantitative estimate of drug-likeness (QED) is 0.611. The van der Waals surface area contributed by atoms with E-state index in [0.717, 1.165) is 23.9 Å². The molecule has 0 amide bonds. The second-order valence-corrected chi connectivity index (χ2v) is 4.79. The first kappa shape index (κ1) is 8.55. The Morgan fingerprint density at radius 3 is 2.58 bits per heavy atom. The van der Waals surface area contributed by atoms with Crippen LogP contribution in [0, 0.1) is 11.8 Å². The molecule has 0 aromatic carbocycles. The third kappa shape index (κ3) is 1.10. The highest BCUT2D eigenvalue weighted by molar-refractivity contribution is 4.99. The average molecular weight is 167 g/mol. The maximum Gasteiger partial charge on any atom is 0.0150 e. The van der Waals surface area contributed by atoms with Crippen molar-refractivity contribution in [1.82, 2.24) is 4.90 Å². The first-order valence-corrected chi connectivity index (χ1v) is 5.49. The smallest absolute Gasteiger partial charge is 0.0150 e. The van der Waals surface area contributed by atoms with Crippen molar-refractivity contribution in [3.05, 3.63) is 0 Å². The van der Waals surface area contributed by atoms with Crippen molar-refractivity contribution in [3.63, 3.8) is 0 Å². The summed E-state index contributed by atoms with van der Waals surface area (Å²) < 4.78 is 0. The molecule has 3 atom stereocenters. The minimum atomic E-state index is 0.861. The van der Waals surface area contributed by atoms with Crippen LogP contribution in [0.1, 0.15) is 40.0 Å². The number of hydrogen-bond acceptors (Lipinski definition) is 1. The lowest BCUT2D eigenvalue weighted by Crippen LogP contribution is -2.43. The predicted molar refractivity (Wildman–Crippen MR) is 52.1 cm³/mol. The van der Waals surface area contributed by atoms with Crippen molar-refractivity contribution in [3.8, 4) is 0 Å². The maximum absolute atomic E-state index is 2.75. The Balaban J connectivity index is 2.11. The lowest BCUT2D eigenvalue weighted by atomic mass is 9.89. The summed E-state index contributed by atoms with van der Waals surface area (Å²) in [6, 6.07) is 1.86. The van der Waals surface area contributed by atoms with Gasteiger partial charge in [0.1, 0.15) is 0 Å². The second-order valence-electron chi connectivity index (χ2n) is 4.79. The fourth-order valence-electron chi connectivity index (χ4n) is 3.51. The summed E-state index contributed by atoms with van der Waals surface area (Å²) in [5.74, 6) is 1.90. The van der Waals surface area contributed by atoms with Crippen molar-refractivity contribution in [1.29, 1.82) is 0 Å². The minimum Gasteiger partial charge on any atom is -0.297 e. The molecule has 3 unspecified atom stereocenters. The van der Waals surface area contributed by atoms with Crippen LogP contribution < -0.4 is 0 Å². The van der Waals surface area contributed by atoms with Crippen molar-refractivity contribution >= 4 is 0 Å². The summed E-state index contributed by atoms with van der Waals surface area (Å²) in [7, 11) is 0. The van der Waals surface area contributed by atoms with Crippen LogP contribution in [0.4, 0.5) is 0 Å². The summed E-state index contributed by atoms with van der Waals surface area (Å²) in [6.45, 7) is 8.35. The van der Waals surface area contributed by atoms with E-state index in [1.165, 1.54) is 25.8 Å². The number of hydrogen-bond donors (Lipinski definition) is 0. The van der Waals surface area contributed by atoms with E-state index in [-0.39, 0.29) is 0 Å². The molecular formula is C11H21N. The molecule has 2 bridgehead atoms. The van der Waals surface area contributed by atoms with Gasteiger partial charge in [-0.25, -0.2) is 0 Å². The van der Waals surface area contributed by atoms with Gasteiger partial charge in [0, 0.05) is 12.1 Å². The number of rotatable bonds is 2. The standard InChI is InChI=1S/C11H21N/c1-4-12-10-6-5-9(7-10)11(12)8(2)3/h8-11H,4-7H2,1-3H3. The number of nitrogens with zero attached hydrogens (tertiary/aromatic N) is 1. The van der Waals surface area contributed by atoms with Gasteiger partial charge in [-0.3, -0.25) is 4.90 Å². The van der Waals surface area contributed by atoms with Gasteiger partial charge in [0.25, 0.3) is 0 Å². The molecule has 70 valence electrons. The zero-order chi connectivity index (χ0) is 8.72. The minimum absolute atomic E-state index is 0.861. The fourth-order valence-corrected chi connectivity index (χ4v) is 3.51. The van der Waals surface area contributed by atoms with Crippen LogP contribution in [0.25, 0.3) is 0 Å². The normalized spacial score (nSPS) is 41.5. The summed E-state index contributed by atoms with van der Waals surface area (Å²) in [5.41, 5.74) is 0. The van der Waals surface area contributed by atoms with Gasteiger partial charge in [0.15, 0.2) is 0 Å². The molecular weight excluding hydrogens is 146 g/mol. The van der Waals surface area contributed by atoms with Crippen molar-refractivity contribution in [2.24, 2.45) is 11.8 Å². The van der Waals surface area contributed by atoms with Crippen LogP contribution in [-0.4, -0.2) is 23.5 Å². The van der Waals surface area contributed by atoms with Gasteiger partial charge in [0.2, 0.25) is 0 Å². The molecule has 0 N–H and O–H groups in total. The van der Waals surface area contributed by atoms with Crippen LogP contribution in [0.3, 0.4) is 0 Å².